The van der Waals surface area contributed by atoms with Crippen LogP contribution in [0.15, 0.2) is 36.4 Å². The molecule has 1 N–H and O–H groups in total. The largest absolute Gasteiger partial charge is 0.348 e. The van der Waals surface area contributed by atoms with E-state index in [-0.39, 0.29) is 18.5 Å². The molecule has 2 rings (SSSR count). The maximum absolute atomic E-state index is 12.7. The fourth-order valence-corrected chi connectivity index (χ4v) is 4.29. The van der Waals surface area contributed by atoms with Gasteiger partial charge in [-0.15, -0.1) is 0 Å². The van der Waals surface area contributed by atoms with Crippen molar-refractivity contribution in [2.24, 2.45) is 0 Å². The van der Waals surface area contributed by atoms with E-state index < -0.39 is 10.0 Å². The second kappa shape index (κ2) is 8.97. The number of anilines is 1. The molecule has 0 unspecified atom stereocenters. The molecule has 2 aromatic rings. The average molecular weight is 423 g/mol. The Balaban J connectivity index is 2.27. The summed E-state index contributed by atoms with van der Waals surface area (Å²) in [6.45, 7) is 7.50. The van der Waals surface area contributed by atoms with Crippen LogP contribution in [0.2, 0.25) is 5.02 Å². The van der Waals surface area contributed by atoms with Gasteiger partial charge in [-0.2, -0.15) is 0 Å². The summed E-state index contributed by atoms with van der Waals surface area (Å²) in [5.74, 6) is -0.364. The van der Waals surface area contributed by atoms with Crippen molar-refractivity contribution >= 4 is 33.2 Å². The highest BCUT2D eigenvalue weighted by atomic mass is 35.5. The van der Waals surface area contributed by atoms with Gasteiger partial charge in [0, 0.05) is 5.02 Å². The molecule has 1 amide bonds. The molecule has 7 heteroatoms. The van der Waals surface area contributed by atoms with Crippen molar-refractivity contribution in [2.75, 3.05) is 17.1 Å². The molecule has 0 saturated heterocycles. The zero-order valence-corrected chi connectivity index (χ0v) is 18.5. The maximum atomic E-state index is 12.7. The van der Waals surface area contributed by atoms with Crippen molar-refractivity contribution in [3.05, 3.63) is 63.7 Å². The summed E-state index contributed by atoms with van der Waals surface area (Å²) < 4.78 is 25.8. The second-order valence-corrected chi connectivity index (χ2v) is 9.43. The van der Waals surface area contributed by atoms with Gasteiger partial charge in [0.15, 0.2) is 0 Å². The van der Waals surface area contributed by atoms with E-state index in [9.17, 15) is 13.2 Å². The van der Waals surface area contributed by atoms with Gasteiger partial charge < -0.3 is 5.32 Å². The van der Waals surface area contributed by atoms with E-state index in [2.05, 4.69) is 11.4 Å². The van der Waals surface area contributed by atoms with Crippen molar-refractivity contribution in [3.63, 3.8) is 0 Å². The number of rotatable bonds is 7. The van der Waals surface area contributed by atoms with Gasteiger partial charge in [0.05, 0.1) is 18.0 Å². The molecular weight excluding hydrogens is 396 g/mol. The first kappa shape index (κ1) is 22.2. The van der Waals surface area contributed by atoms with Crippen LogP contribution < -0.4 is 9.62 Å². The summed E-state index contributed by atoms with van der Waals surface area (Å²) >= 11 is 6.04. The number of halogens is 1. The lowest BCUT2D eigenvalue weighted by Crippen LogP contribution is -2.42. The number of benzene rings is 2. The first-order valence-corrected chi connectivity index (χ1v) is 11.4. The third kappa shape index (κ3) is 5.49. The minimum absolute atomic E-state index is 0.185. The van der Waals surface area contributed by atoms with Gasteiger partial charge in [-0.25, -0.2) is 8.42 Å². The Kier molecular flexibility index (Phi) is 7.12. The zero-order chi connectivity index (χ0) is 21.1. The Morgan fingerprint density at radius 3 is 2.36 bits per heavy atom. The third-order valence-corrected chi connectivity index (χ3v) is 6.03. The first-order valence-electron chi connectivity index (χ1n) is 9.13. The molecule has 0 aliphatic carbocycles. The highest BCUT2D eigenvalue weighted by Crippen LogP contribution is 2.27. The van der Waals surface area contributed by atoms with Crippen molar-refractivity contribution in [3.8, 4) is 0 Å². The number of nitrogens with one attached hydrogen (secondary N) is 1. The first-order chi connectivity index (χ1) is 13.0. The lowest BCUT2D eigenvalue weighted by molar-refractivity contribution is -0.120. The van der Waals surface area contributed by atoms with Crippen LogP contribution >= 0.6 is 11.6 Å². The molecule has 28 heavy (non-hydrogen) atoms. The van der Waals surface area contributed by atoms with Crippen LogP contribution in [0.1, 0.15) is 41.6 Å². The Labute approximate surface area is 172 Å². The SMILES string of the molecule is CC[C@@H](NC(=O)CN(c1cc(Cl)ccc1C)S(C)(=O)=O)c1ccc(C)cc1C. The van der Waals surface area contributed by atoms with Gasteiger partial charge in [-0.05, 0) is 56.0 Å². The molecule has 0 aromatic heterocycles. The Morgan fingerprint density at radius 2 is 1.79 bits per heavy atom. The van der Waals surface area contributed by atoms with Crippen LogP contribution in [0.3, 0.4) is 0 Å². The highest BCUT2D eigenvalue weighted by molar-refractivity contribution is 7.92. The number of amides is 1. The smallest absolute Gasteiger partial charge is 0.241 e. The summed E-state index contributed by atoms with van der Waals surface area (Å²) in [5, 5.41) is 3.38. The van der Waals surface area contributed by atoms with Gasteiger partial charge >= 0.3 is 0 Å². The maximum Gasteiger partial charge on any atom is 0.241 e. The summed E-state index contributed by atoms with van der Waals surface area (Å²) in [7, 11) is -3.66. The number of carbonyl (C=O) groups is 1. The van der Waals surface area contributed by atoms with E-state index >= 15 is 0 Å². The van der Waals surface area contributed by atoms with Crippen molar-refractivity contribution in [2.45, 2.75) is 40.2 Å². The molecule has 1 atom stereocenters. The number of nitrogens with zero attached hydrogens (tertiary/aromatic N) is 1. The molecule has 5 nitrogen and oxygen atoms in total. The number of carbonyl (C=O) groups excluding carboxylic acids is 1. The molecule has 0 fully saturated rings. The molecule has 0 saturated carbocycles. The molecule has 0 heterocycles. The molecule has 0 aliphatic rings. The molecule has 152 valence electrons. The summed E-state index contributed by atoms with van der Waals surface area (Å²) in [5.41, 5.74) is 4.42. The standard InChI is InChI=1S/C21H27ClN2O3S/c1-6-19(18-10-7-14(2)11-16(18)4)23-21(25)13-24(28(5,26)27)20-12-17(22)9-8-15(20)3/h7-12,19H,6,13H2,1-5H3,(H,23,25)/t19-/m1/s1. The van der Waals surface area contributed by atoms with E-state index in [0.717, 1.165) is 32.8 Å². The number of aryl methyl sites for hydroxylation is 3. The zero-order valence-electron chi connectivity index (χ0n) is 16.9. The lowest BCUT2D eigenvalue weighted by atomic mass is 9.97. The fourth-order valence-electron chi connectivity index (χ4n) is 3.22. The predicted octanol–water partition coefficient (Wildman–Crippen LogP) is 4.30. The van der Waals surface area contributed by atoms with Gasteiger partial charge in [0.2, 0.25) is 15.9 Å². The summed E-state index contributed by atoms with van der Waals surface area (Å²) in [6.07, 6.45) is 1.78. The number of hydrogen-bond acceptors (Lipinski definition) is 3. The molecule has 0 aliphatic heterocycles. The topological polar surface area (TPSA) is 66.5 Å². The molecule has 0 bridgehead atoms. The summed E-state index contributed by atoms with van der Waals surface area (Å²) in [6, 6.07) is 10.9. The van der Waals surface area contributed by atoms with Crippen molar-refractivity contribution in [1.82, 2.24) is 5.32 Å². The van der Waals surface area contributed by atoms with Crippen LogP contribution in [-0.2, 0) is 14.8 Å². The Bertz CT molecular complexity index is 974. The van der Waals surface area contributed by atoms with Crippen LogP contribution in [0.25, 0.3) is 0 Å². The van der Waals surface area contributed by atoms with Gasteiger partial charge in [0.1, 0.15) is 6.54 Å². The van der Waals surface area contributed by atoms with E-state index in [1.807, 2.05) is 32.9 Å². The van der Waals surface area contributed by atoms with E-state index in [0.29, 0.717) is 17.1 Å². The molecule has 0 spiro atoms. The second-order valence-electron chi connectivity index (χ2n) is 7.09. The van der Waals surface area contributed by atoms with Crippen LogP contribution in [0.5, 0.6) is 0 Å². The number of hydrogen-bond donors (Lipinski definition) is 1. The fraction of sp³-hybridized carbons (Fsp3) is 0.381. The predicted molar refractivity (Wildman–Crippen MR) is 115 cm³/mol. The van der Waals surface area contributed by atoms with Crippen molar-refractivity contribution in [1.29, 1.82) is 0 Å². The van der Waals surface area contributed by atoms with Gasteiger partial charge in [-0.3, -0.25) is 9.10 Å². The molecule has 0 radical (unpaired) electrons. The van der Waals surface area contributed by atoms with Crippen LogP contribution in [0.4, 0.5) is 5.69 Å². The van der Waals surface area contributed by atoms with Crippen LogP contribution in [-0.4, -0.2) is 27.1 Å². The summed E-state index contributed by atoms with van der Waals surface area (Å²) in [4.78, 5) is 12.7. The van der Waals surface area contributed by atoms with E-state index in [1.165, 1.54) is 0 Å². The monoisotopic (exact) mass is 422 g/mol. The van der Waals surface area contributed by atoms with E-state index in [1.54, 1.807) is 25.1 Å². The highest BCUT2D eigenvalue weighted by Gasteiger charge is 2.24. The van der Waals surface area contributed by atoms with E-state index in [4.69, 9.17) is 11.6 Å². The Morgan fingerprint density at radius 1 is 1.11 bits per heavy atom. The molecular formula is C21H27ClN2O3S. The average Bonchev–Trinajstić information content (AvgIpc) is 2.59. The minimum Gasteiger partial charge on any atom is -0.348 e. The molecule has 2 aromatic carbocycles. The van der Waals surface area contributed by atoms with Crippen LogP contribution in [0, 0.1) is 20.8 Å². The normalized spacial score (nSPS) is 12.5. The quantitative estimate of drug-likeness (QED) is 0.723. The van der Waals surface area contributed by atoms with Gasteiger partial charge in [-0.1, -0.05) is 48.4 Å². The minimum atomic E-state index is -3.66. The van der Waals surface area contributed by atoms with Gasteiger partial charge in [0.25, 0.3) is 0 Å². The lowest BCUT2D eigenvalue weighted by Gasteiger charge is -2.26. The van der Waals surface area contributed by atoms with Crippen molar-refractivity contribution < 1.29 is 13.2 Å². The third-order valence-electron chi connectivity index (χ3n) is 4.67. The Hall–Kier alpha value is -2.05. The number of sulfonamides is 1.